The van der Waals surface area contributed by atoms with Crippen molar-refractivity contribution in [2.45, 2.75) is 103 Å². The molecule has 0 saturated carbocycles. The van der Waals surface area contributed by atoms with Gasteiger partial charge in [-0.05, 0) is 58.4 Å². The summed E-state index contributed by atoms with van der Waals surface area (Å²) in [6.45, 7) is 5.99. The molecule has 0 N–H and O–H groups in total. The van der Waals surface area contributed by atoms with Crippen molar-refractivity contribution in [3.63, 3.8) is 0 Å². The lowest BCUT2D eigenvalue weighted by molar-refractivity contribution is -0.144. The number of hydrogen-bond acceptors (Lipinski definition) is 4. The average Bonchev–Trinajstić information content (AvgIpc) is 2.85. The van der Waals surface area contributed by atoms with E-state index >= 15 is 0 Å². The Labute approximate surface area is 152 Å². The molecule has 0 spiro atoms. The zero-order chi connectivity index (χ0) is 18.1. The molecule has 1 unspecified atom stereocenters. The van der Waals surface area contributed by atoms with Crippen LogP contribution in [0.25, 0.3) is 0 Å². The molecule has 2 aliphatic rings. The van der Waals surface area contributed by atoms with Crippen LogP contribution in [-0.4, -0.2) is 30.1 Å². The van der Waals surface area contributed by atoms with E-state index in [1.807, 2.05) is 13.8 Å². The van der Waals surface area contributed by atoms with E-state index in [9.17, 15) is 4.79 Å². The van der Waals surface area contributed by atoms with Gasteiger partial charge in [0.2, 0.25) is 0 Å². The molecule has 2 aliphatic heterocycles. The van der Waals surface area contributed by atoms with E-state index in [4.69, 9.17) is 14.2 Å². The highest BCUT2D eigenvalue weighted by Crippen LogP contribution is 2.30. The van der Waals surface area contributed by atoms with Crippen LogP contribution in [0.1, 0.15) is 78.6 Å². The topological polar surface area (TPSA) is 44.8 Å². The molecule has 0 aromatic carbocycles. The molecule has 0 radical (unpaired) electrons. The number of esters is 1. The number of unbranched alkanes of at least 4 members (excludes halogenated alkanes) is 2. The Morgan fingerprint density at radius 2 is 1.84 bits per heavy atom. The van der Waals surface area contributed by atoms with Crippen molar-refractivity contribution in [3.8, 4) is 0 Å². The Hall–Kier alpha value is -1.13. The van der Waals surface area contributed by atoms with Gasteiger partial charge in [-0.2, -0.15) is 0 Å². The van der Waals surface area contributed by atoms with Crippen molar-refractivity contribution in [2.75, 3.05) is 0 Å². The number of ether oxygens (including phenoxy) is 3. The van der Waals surface area contributed by atoms with Crippen LogP contribution in [0.4, 0.5) is 0 Å². The van der Waals surface area contributed by atoms with Crippen LogP contribution in [0, 0.1) is 0 Å². The molecular weight excluding hydrogens is 316 g/mol. The second-order valence-electron chi connectivity index (χ2n) is 7.54. The molecule has 1 saturated heterocycles. The normalized spacial score (nSPS) is 33.1. The monoisotopic (exact) mass is 350 g/mol. The Morgan fingerprint density at radius 1 is 1.08 bits per heavy atom. The summed E-state index contributed by atoms with van der Waals surface area (Å²) in [7, 11) is 0. The van der Waals surface area contributed by atoms with E-state index in [0.717, 1.165) is 38.5 Å². The molecule has 3 atom stereocenters. The van der Waals surface area contributed by atoms with Crippen molar-refractivity contribution in [1.82, 2.24) is 0 Å². The molecule has 2 rings (SSSR count). The third-order valence-electron chi connectivity index (χ3n) is 4.72. The number of hydrogen-bond donors (Lipinski definition) is 0. The number of fused-ring (bicyclic) bond motifs is 1. The van der Waals surface area contributed by atoms with Gasteiger partial charge in [0, 0.05) is 6.08 Å². The second kappa shape index (κ2) is 10.1. The molecule has 142 valence electrons. The minimum absolute atomic E-state index is 0.0372. The zero-order valence-electron chi connectivity index (χ0n) is 16.0. The van der Waals surface area contributed by atoms with Gasteiger partial charge in [0.25, 0.3) is 0 Å². The van der Waals surface area contributed by atoms with Gasteiger partial charge in [-0.25, -0.2) is 4.79 Å². The fourth-order valence-electron chi connectivity index (χ4n) is 3.42. The first kappa shape index (κ1) is 20.2. The van der Waals surface area contributed by atoms with Gasteiger partial charge in [0.15, 0.2) is 5.79 Å². The molecule has 25 heavy (non-hydrogen) atoms. The predicted octanol–water partition coefficient (Wildman–Crippen LogP) is 5.08. The van der Waals surface area contributed by atoms with E-state index in [0.29, 0.717) is 0 Å². The van der Waals surface area contributed by atoms with Crippen molar-refractivity contribution in [1.29, 1.82) is 0 Å². The first-order chi connectivity index (χ1) is 12.0. The molecule has 4 nitrogen and oxygen atoms in total. The quantitative estimate of drug-likeness (QED) is 0.403. The third kappa shape index (κ3) is 7.33. The lowest BCUT2D eigenvalue weighted by atomic mass is 10.0. The SMILES string of the molecule is CCCCCC1CCCCC/C=C/[C@@H]2OC(C)(C)O[C@@H]2/C=C/C(=O)O1. The largest absolute Gasteiger partial charge is 0.459 e. The Morgan fingerprint density at radius 3 is 2.60 bits per heavy atom. The highest BCUT2D eigenvalue weighted by Gasteiger charge is 2.38. The Kier molecular flexibility index (Phi) is 8.17. The van der Waals surface area contributed by atoms with Crippen LogP contribution in [0.15, 0.2) is 24.3 Å². The van der Waals surface area contributed by atoms with Crippen LogP contribution in [0.2, 0.25) is 0 Å². The summed E-state index contributed by atoms with van der Waals surface area (Å²) in [6, 6.07) is 0. The summed E-state index contributed by atoms with van der Waals surface area (Å²) >= 11 is 0. The summed E-state index contributed by atoms with van der Waals surface area (Å²) in [4.78, 5) is 12.2. The number of rotatable bonds is 4. The van der Waals surface area contributed by atoms with Crippen molar-refractivity contribution in [2.24, 2.45) is 0 Å². The maximum atomic E-state index is 12.2. The van der Waals surface area contributed by atoms with Gasteiger partial charge >= 0.3 is 5.97 Å². The fraction of sp³-hybridized carbons (Fsp3) is 0.762. The lowest BCUT2D eigenvalue weighted by Crippen LogP contribution is -2.21. The standard InChI is InChI=1S/C21H34O4/c1-4-5-9-12-17-13-10-7-6-8-11-14-18-19(15-16-20(22)23-17)25-21(2,3)24-18/h11,14-19H,4-10,12-13H2,1-3H3/b14-11+,16-15+/t17?,18-,19+/m0/s1. The van der Waals surface area contributed by atoms with Crippen molar-refractivity contribution in [3.05, 3.63) is 24.3 Å². The van der Waals surface area contributed by atoms with Gasteiger partial charge in [-0.3, -0.25) is 0 Å². The minimum atomic E-state index is -0.634. The third-order valence-corrected chi connectivity index (χ3v) is 4.72. The van der Waals surface area contributed by atoms with E-state index in [1.54, 1.807) is 6.08 Å². The molecular formula is C21H34O4. The van der Waals surface area contributed by atoms with E-state index < -0.39 is 5.79 Å². The van der Waals surface area contributed by atoms with E-state index in [-0.39, 0.29) is 24.3 Å². The van der Waals surface area contributed by atoms with Gasteiger partial charge in [0.1, 0.15) is 18.3 Å². The predicted molar refractivity (Wildman–Crippen MR) is 99.2 cm³/mol. The van der Waals surface area contributed by atoms with E-state index in [1.165, 1.54) is 25.3 Å². The summed E-state index contributed by atoms with van der Waals surface area (Å²) in [5.41, 5.74) is 0. The first-order valence-electron chi connectivity index (χ1n) is 9.91. The second-order valence-corrected chi connectivity index (χ2v) is 7.54. The summed E-state index contributed by atoms with van der Waals surface area (Å²) in [5.74, 6) is -0.903. The highest BCUT2D eigenvalue weighted by molar-refractivity contribution is 5.82. The van der Waals surface area contributed by atoms with Gasteiger partial charge < -0.3 is 14.2 Å². The molecule has 4 heteroatoms. The van der Waals surface area contributed by atoms with Crippen LogP contribution < -0.4 is 0 Å². The number of carbonyl (C=O) groups excluding carboxylic acids is 1. The van der Waals surface area contributed by atoms with Crippen LogP contribution in [0.3, 0.4) is 0 Å². The van der Waals surface area contributed by atoms with E-state index in [2.05, 4.69) is 19.1 Å². The summed E-state index contributed by atoms with van der Waals surface area (Å²) in [5, 5.41) is 0. The molecule has 0 amide bonds. The van der Waals surface area contributed by atoms with Crippen LogP contribution in [0.5, 0.6) is 0 Å². The van der Waals surface area contributed by atoms with Crippen molar-refractivity contribution < 1.29 is 19.0 Å². The average molecular weight is 350 g/mol. The van der Waals surface area contributed by atoms with Crippen molar-refractivity contribution >= 4 is 5.97 Å². The zero-order valence-corrected chi connectivity index (χ0v) is 16.0. The fourth-order valence-corrected chi connectivity index (χ4v) is 3.42. The van der Waals surface area contributed by atoms with Gasteiger partial charge in [0.05, 0.1) is 0 Å². The molecule has 0 aliphatic carbocycles. The Balaban J connectivity index is 2.01. The summed E-state index contributed by atoms with van der Waals surface area (Å²) < 4.78 is 17.5. The number of carbonyl (C=O) groups is 1. The maximum absolute atomic E-state index is 12.2. The minimum Gasteiger partial charge on any atom is -0.459 e. The molecule has 0 aromatic rings. The van der Waals surface area contributed by atoms with Crippen LogP contribution in [-0.2, 0) is 19.0 Å². The lowest BCUT2D eigenvalue weighted by Gasteiger charge is -2.17. The molecule has 1 fully saturated rings. The number of cyclic esters (lactones) is 1. The van der Waals surface area contributed by atoms with Gasteiger partial charge in [-0.1, -0.05) is 38.3 Å². The molecule has 0 bridgehead atoms. The first-order valence-corrected chi connectivity index (χ1v) is 9.91. The van der Waals surface area contributed by atoms with Gasteiger partial charge in [-0.15, -0.1) is 0 Å². The highest BCUT2D eigenvalue weighted by atomic mass is 16.7. The maximum Gasteiger partial charge on any atom is 0.330 e. The number of allylic oxidation sites excluding steroid dienone is 1. The smallest absolute Gasteiger partial charge is 0.330 e. The Bertz CT molecular complexity index is 467. The van der Waals surface area contributed by atoms with Crippen LogP contribution >= 0.6 is 0 Å². The molecule has 2 heterocycles. The molecule has 0 aromatic heterocycles. The summed E-state index contributed by atoms with van der Waals surface area (Å²) in [6.07, 6.45) is 17.1.